The molecule has 1 amide bonds. The first-order chi connectivity index (χ1) is 11.2. The number of ether oxygens (including phenoxy) is 1. The summed E-state index contributed by atoms with van der Waals surface area (Å²) in [6.45, 7) is 3.38. The Hall–Kier alpha value is -2.63. The van der Waals surface area contributed by atoms with Gasteiger partial charge in [0.05, 0.1) is 19.5 Å². The predicted octanol–water partition coefficient (Wildman–Crippen LogP) is 2.28. The third kappa shape index (κ3) is 5.25. The number of hydrogen-bond donors (Lipinski definition) is 2. The first-order valence-electron chi connectivity index (χ1n) is 7.70. The number of methoxy groups -OCH3 is 1. The van der Waals surface area contributed by atoms with Crippen molar-refractivity contribution < 1.29 is 9.53 Å². The van der Waals surface area contributed by atoms with Crippen LogP contribution >= 0.6 is 0 Å². The monoisotopic (exact) mass is 314 g/mol. The Kier molecular flexibility index (Phi) is 6.35. The average Bonchev–Trinajstić information content (AvgIpc) is 2.61. The van der Waals surface area contributed by atoms with Crippen LogP contribution in [0.5, 0.6) is 5.75 Å². The van der Waals surface area contributed by atoms with E-state index in [0.717, 1.165) is 25.1 Å². The number of nitrogens with one attached hydrogen (secondary N) is 2. The van der Waals surface area contributed by atoms with Gasteiger partial charge in [0.25, 0.3) is 5.91 Å². The lowest BCUT2D eigenvalue weighted by Crippen LogP contribution is -2.25. The second-order valence-electron chi connectivity index (χ2n) is 5.07. The van der Waals surface area contributed by atoms with Gasteiger partial charge in [-0.05, 0) is 30.5 Å². The van der Waals surface area contributed by atoms with Crippen LogP contribution in [-0.4, -0.2) is 36.1 Å². The van der Waals surface area contributed by atoms with Crippen LogP contribution in [0.3, 0.4) is 0 Å². The molecule has 2 rings (SSSR count). The van der Waals surface area contributed by atoms with Gasteiger partial charge < -0.3 is 15.4 Å². The first-order valence-corrected chi connectivity index (χ1v) is 7.70. The smallest absolute Gasteiger partial charge is 0.271 e. The molecule has 1 aromatic heterocycles. The van der Waals surface area contributed by atoms with E-state index in [4.69, 9.17) is 4.74 Å². The van der Waals surface area contributed by atoms with Crippen LogP contribution in [0.1, 0.15) is 29.4 Å². The topological polar surface area (TPSA) is 76.1 Å². The quantitative estimate of drug-likeness (QED) is 0.782. The standard InChI is InChI=1S/C17H22N4O2/c1-3-9-19-17(22)15-11-21-16(12-20-15)18-10-8-13-4-6-14(23-2)7-5-13/h4-7,11-12H,3,8-10H2,1-2H3,(H,18,21)(H,19,22). The van der Waals surface area contributed by atoms with Crippen LogP contribution in [-0.2, 0) is 6.42 Å². The molecule has 122 valence electrons. The first kappa shape index (κ1) is 16.7. The molecule has 1 heterocycles. The highest BCUT2D eigenvalue weighted by atomic mass is 16.5. The number of amides is 1. The average molecular weight is 314 g/mol. The van der Waals surface area contributed by atoms with Crippen molar-refractivity contribution >= 4 is 11.7 Å². The van der Waals surface area contributed by atoms with E-state index in [9.17, 15) is 4.79 Å². The van der Waals surface area contributed by atoms with Gasteiger partial charge in [0.1, 0.15) is 17.3 Å². The third-order valence-corrected chi connectivity index (χ3v) is 3.30. The van der Waals surface area contributed by atoms with Gasteiger partial charge in [-0.3, -0.25) is 4.79 Å². The molecular weight excluding hydrogens is 292 g/mol. The molecule has 0 saturated heterocycles. The molecule has 0 saturated carbocycles. The van der Waals surface area contributed by atoms with Gasteiger partial charge in [-0.25, -0.2) is 9.97 Å². The van der Waals surface area contributed by atoms with Crippen molar-refractivity contribution in [1.82, 2.24) is 15.3 Å². The Morgan fingerprint density at radius 1 is 1.13 bits per heavy atom. The van der Waals surface area contributed by atoms with E-state index in [2.05, 4.69) is 20.6 Å². The summed E-state index contributed by atoms with van der Waals surface area (Å²) in [6, 6.07) is 7.96. The Labute approximate surface area is 136 Å². The maximum Gasteiger partial charge on any atom is 0.271 e. The summed E-state index contributed by atoms with van der Waals surface area (Å²) in [7, 11) is 1.65. The van der Waals surface area contributed by atoms with Gasteiger partial charge in [-0.1, -0.05) is 19.1 Å². The van der Waals surface area contributed by atoms with Gasteiger partial charge in [0, 0.05) is 13.1 Å². The number of benzene rings is 1. The SMILES string of the molecule is CCCNC(=O)c1cnc(NCCc2ccc(OC)cc2)cn1. The summed E-state index contributed by atoms with van der Waals surface area (Å²) >= 11 is 0. The number of rotatable bonds is 8. The van der Waals surface area contributed by atoms with Crippen LogP contribution < -0.4 is 15.4 Å². The highest BCUT2D eigenvalue weighted by Crippen LogP contribution is 2.11. The Bertz CT molecular complexity index is 611. The van der Waals surface area contributed by atoms with Crippen molar-refractivity contribution in [3.63, 3.8) is 0 Å². The molecule has 0 aliphatic carbocycles. The van der Waals surface area contributed by atoms with E-state index in [1.807, 2.05) is 31.2 Å². The molecule has 23 heavy (non-hydrogen) atoms. The van der Waals surface area contributed by atoms with Crippen LogP contribution in [0.4, 0.5) is 5.82 Å². The number of aromatic nitrogens is 2. The highest BCUT2D eigenvalue weighted by molar-refractivity contribution is 5.91. The fourth-order valence-electron chi connectivity index (χ4n) is 1.99. The molecule has 0 radical (unpaired) electrons. The molecule has 2 aromatic rings. The fourth-order valence-corrected chi connectivity index (χ4v) is 1.99. The zero-order valence-electron chi connectivity index (χ0n) is 13.5. The van der Waals surface area contributed by atoms with E-state index in [1.54, 1.807) is 13.3 Å². The molecule has 0 fully saturated rings. The zero-order valence-corrected chi connectivity index (χ0v) is 13.5. The molecule has 6 heteroatoms. The molecule has 0 bridgehead atoms. The van der Waals surface area contributed by atoms with Crippen molar-refractivity contribution in [1.29, 1.82) is 0 Å². The third-order valence-electron chi connectivity index (χ3n) is 3.30. The van der Waals surface area contributed by atoms with Crippen LogP contribution in [0.25, 0.3) is 0 Å². The van der Waals surface area contributed by atoms with E-state index in [0.29, 0.717) is 18.1 Å². The summed E-state index contributed by atoms with van der Waals surface area (Å²) in [5.41, 5.74) is 1.54. The van der Waals surface area contributed by atoms with Crippen molar-refractivity contribution in [3.05, 3.63) is 47.9 Å². The van der Waals surface area contributed by atoms with E-state index >= 15 is 0 Å². The number of carbonyl (C=O) groups excluding carboxylic acids is 1. The van der Waals surface area contributed by atoms with Gasteiger partial charge >= 0.3 is 0 Å². The number of carbonyl (C=O) groups is 1. The number of nitrogens with zero attached hydrogens (tertiary/aromatic N) is 2. The molecule has 0 atom stereocenters. The highest BCUT2D eigenvalue weighted by Gasteiger charge is 2.06. The maximum atomic E-state index is 11.7. The fraction of sp³-hybridized carbons (Fsp3) is 0.353. The van der Waals surface area contributed by atoms with E-state index in [1.165, 1.54) is 11.8 Å². The molecular formula is C17H22N4O2. The van der Waals surface area contributed by atoms with Crippen LogP contribution in [0, 0.1) is 0 Å². The van der Waals surface area contributed by atoms with Gasteiger partial charge in [-0.15, -0.1) is 0 Å². The van der Waals surface area contributed by atoms with Gasteiger partial charge in [-0.2, -0.15) is 0 Å². The largest absolute Gasteiger partial charge is 0.497 e. The molecule has 0 aliphatic rings. The molecule has 6 nitrogen and oxygen atoms in total. The Morgan fingerprint density at radius 3 is 2.52 bits per heavy atom. The van der Waals surface area contributed by atoms with Crippen LogP contribution in [0.15, 0.2) is 36.7 Å². The minimum absolute atomic E-state index is 0.191. The molecule has 1 aromatic carbocycles. The second kappa shape index (κ2) is 8.73. The molecule has 0 unspecified atom stereocenters. The van der Waals surface area contributed by atoms with Crippen molar-refractivity contribution in [3.8, 4) is 5.75 Å². The van der Waals surface area contributed by atoms with Crippen molar-refractivity contribution in [2.45, 2.75) is 19.8 Å². The predicted molar refractivity (Wildman–Crippen MR) is 89.8 cm³/mol. The summed E-state index contributed by atoms with van der Waals surface area (Å²) < 4.78 is 5.13. The minimum Gasteiger partial charge on any atom is -0.497 e. The van der Waals surface area contributed by atoms with Crippen molar-refractivity contribution in [2.24, 2.45) is 0 Å². The summed E-state index contributed by atoms with van der Waals surface area (Å²) in [6.07, 6.45) is 4.82. The van der Waals surface area contributed by atoms with Gasteiger partial charge in [0.2, 0.25) is 0 Å². The molecule has 0 aliphatic heterocycles. The summed E-state index contributed by atoms with van der Waals surface area (Å²) in [5, 5.41) is 5.96. The number of hydrogen-bond acceptors (Lipinski definition) is 5. The van der Waals surface area contributed by atoms with E-state index < -0.39 is 0 Å². The molecule has 0 spiro atoms. The summed E-state index contributed by atoms with van der Waals surface area (Å²) in [4.78, 5) is 20.1. The lowest BCUT2D eigenvalue weighted by molar-refractivity contribution is 0.0948. The van der Waals surface area contributed by atoms with Crippen molar-refractivity contribution in [2.75, 3.05) is 25.5 Å². The normalized spacial score (nSPS) is 10.2. The number of anilines is 1. The maximum absolute atomic E-state index is 11.7. The Balaban J connectivity index is 1.80. The lowest BCUT2D eigenvalue weighted by Gasteiger charge is -2.07. The summed E-state index contributed by atoms with van der Waals surface area (Å²) in [5.74, 6) is 1.32. The zero-order chi connectivity index (χ0) is 16.5. The minimum atomic E-state index is -0.191. The molecule has 2 N–H and O–H groups in total. The second-order valence-corrected chi connectivity index (χ2v) is 5.07. The Morgan fingerprint density at radius 2 is 1.91 bits per heavy atom. The lowest BCUT2D eigenvalue weighted by atomic mass is 10.1. The van der Waals surface area contributed by atoms with E-state index in [-0.39, 0.29) is 5.91 Å². The van der Waals surface area contributed by atoms with Crippen LogP contribution in [0.2, 0.25) is 0 Å². The van der Waals surface area contributed by atoms with Gasteiger partial charge in [0.15, 0.2) is 0 Å².